The number of pyridine rings is 1. The van der Waals surface area contributed by atoms with Gasteiger partial charge in [0.2, 0.25) is 0 Å². The number of halogens is 1. The summed E-state index contributed by atoms with van der Waals surface area (Å²) in [6, 6.07) is 10.4. The van der Waals surface area contributed by atoms with Crippen molar-refractivity contribution in [3.8, 4) is 0 Å². The Kier molecular flexibility index (Phi) is 3.82. The number of nitrogens with zero attached hydrogens (tertiary/aromatic N) is 3. The Morgan fingerprint density at radius 2 is 1.96 bits per heavy atom. The van der Waals surface area contributed by atoms with Crippen LogP contribution in [0.1, 0.15) is 22.5 Å². The van der Waals surface area contributed by atoms with Crippen LogP contribution in [0.15, 0.2) is 41.9 Å². The van der Waals surface area contributed by atoms with E-state index in [1.54, 1.807) is 0 Å². The van der Waals surface area contributed by atoms with Crippen LogP contribution in [0.5, 0.6) is 0 Å². The van der Waals surface area contributed by atoms with Crippen LogP contribution in [0, 0.1) is 20.8 Å². The normalized spacial score (nSPS) is 14.5. The lowest BCUT2D eigenvalue weighted by molar-refractivity contribution is 1.09. The van der Waals surface area contributed by atoms with Gasteiger partial charge in [0.25, 0.3) is 0 Å². The highest BCUT2D eigenvalue weighted by molar-refractivity contribution is 8.02. The van der Waals surface area contributed by atoms with Crippen molar-refractivity contribution >= 4 is 40.4 Å². The number of hydrogen-bond donors (Lipinski definition) is 0. The highest BCUT2D eigenvalue weighted by atomic mass is 35.5. The fraction of sp³-hybridized carbons (Fsp3) is 0.211. The molecular weight excluding hydrogens is 338 g/mol. The Morgan fingerprint density at radius 3 is 2.75 bits per heavy atom. The van der Waals surface area contributed by atoms with E-state index in [1.807, 2.05) is 30.1 Å². The van der Waals surface area contributed by atoms with Gasteiger partial charge in [-0.3, -0.25) is 4.40 Å². The maximum Gasteiger partial charge on any atom is 0.137 e. The Balaban J connectivity index is 1.87. The van der Waals surface area contributed by atoms with Gasteiger partial charge in [-0.1, -0.05) is 29.3 Å². The first-order chi connectivity index (χ1) is 11.5. The first-order valence-corrected chi connectivity index (χ1v) is 9.28. The number of aryl methyl sites for hydroxylation is 3. The van der Waals surface area contributed by atoms with Gasteiger partial charge in [-0.2, -0.15) is 0 Å². The van der Waals surface area contributed by atoms with Crippen LogP contribution in [-0.4, -0.2) is 15.3 Å². The molecule has 0 fully saturated rings. The fourth-order valence-corrected chi connectivity index (χ4v) is 4.32. The van der Waals surface area contributed by atoms with E-state index in [4.69, 9.17) is 16.6 Å². The van der Waals surface area contributed by atoms with Gasteiger partial charge in [0.1, 0.15) is 5.65 Å². The van der Waals surface area contributed by atoms with Crippen LogP contribution in [0.3, 0.4) is 0 Å². The predicted molar refractivity (Wildman–Crippen MR) is 104 cm³/mol. The average Bonchev–Trinajstić information content (AvgIpc) is 3.10. The summed E-state index contributed by atoms with van der Waals surface area (Å²) in [7, 11) is 0. The molecule has 0 bridgehead atoms. The molecule has 1 aliphatic rings. The second kappa shape index (κ2) is 5.87. The van der Waals surface area contributed by atoms with Crippen LogP contribution in [0.25, 0.3) is 11.3 Å². The minimum atomic E-state index is 0.713. The zero-order chi connectivity index (χ0) is 16.8. The highest BCUT2D eigenvalue weighted by Crippen LogP contribution is 2.38. The molecule has 0 aliphatic carbocycles. The smallest absolute Gasteiger partial charge is 0.137 e. The molecule has 1 aliphatic heterocycles. The van der Waals surface area contributed by atoms with Gasteiger partial charge in [-0.15, -0.1) is 11.8 Å². The number of rotatable bonds is 2. The van der Waals surface area contributed by atoms with Gasteiger partial charge >= 0.3 is 0 Å². The maximum atomic E-state index is 6.22. The molecule has 0 saturated heterocycles. The third-order valence-corrected chi connectivity index (χ3v) is 5.35. The van der Waals surface area contributed by atoms with Crippen LogP contribution < -0.4 is 4.90 Å². The van der Waals surface area contributed by atoms with Crippen molar-refractivity contribution < 1.29 is 0 Å². The molecule has 0 saturated carbocycles. The van der Waals surface area contributed by atoms with E-state index in [1.165, 1.54) is 22.5 Å². The molecule has 1 aromatic carbocycles. The summed E-state index contributed by atoms with van der Waals surface area (Å²) in [5.41, 5.74) is 8.04. The second-order valence-corrected chi connectivity index (χ2v) is 7.40. The molecule has 0 unspecified atom stereocenters. The molecule has 3 heterocycles. The minimum absolute atomic E-state index is 0.713. The quantitative estimate of drug-likeness (QED) is 0.612. The van der Waals surface area contributed by atoms with Crippen molar-refractivity contribution in [1.29, 1.82) is 0 Å². The molecule has 0 spiro atoms. The number of anilines is 1. The molecule has 0 N–H and O–H groups in total. The van der Waals surface area contributed by atoms with Crippen molar-refractivity contribution in [3.05, 3.63) is 69.5 Å². The summed E-state index contributed by atoms with van der Waals surface area (Å²) in [4.78, 5) is 7.05. The average molecular weight is 356 g/mol. The molecule has 122 valence electrons. The number of aromatic nitrogens is 2. The fourth-order valence-electron chi connectivity index (χ4n) is 3.26. The molecule has 3 nitrogen and oxygen atoms in total. The zero-order valence-corrected chi connectivity index (χ0v) is 15.4. The predicted octanol–water partition coefficient (Wildman–Crippen LogP) is 5.42. The summed E-state index contributed by atoms with van der Waals surface area (Å²) < 4.78 is 2.09. The third-order valence-electron chi connectivity index (χ3n) is 4.33. The van der Waals surface area contributed by atoms with E-state index in [-0.39, 0.29) is 0 Å². The topological polar surface area (TPSA) is 20.5 Å². The van der Waals surface area contributed by atoms with Crippen LogP contribution in [0.2, 0.25) is 5.02 Å². The first kappa shape index (κ1) is 15.6. The van der Waals surface area contributed by atoms with Gasteiger partial charge in [0, 0.05) is 11.9 Å². The third kappa shape index (κ3) is 2.50. The Morgan fingerprint density at radius 1 is 1.12 bits per heavy atom. The van der Waals surface area contributed by atoms with E-state index < -0.39 is 0 Å². The molecule has 3 aromatic rings. The number of fused-ring (bicyclic) bond motifs is 1. The number of hydrogen-bond acceptors (Lipinski definition) is 3. The monoisotopic (exact) mass is 355 g/mol. The summed E-state index contributed by atoms with van der Waals surface area (Å²) in [5.74, 6) is 0.909. The number of thioether (sulfide) groups is 1. The Labute approximate surface area is 151 Å². The Hall–Kier alpha value is -1.91. The van der Waals surface area contributed by atoms with Gasteiger partial charge < -0.3 is 4.90 Å². The summed E-state index contributed by atoms with van der Waals surface area (Å²) in [5, 5.41) is 2.93. The van der Waals surface area contributed by atoms with Crippen molar-refractivity contribution in [2.45, 2.75) is 20.8 Å². The first-order valence-electron chi connectivity index (χ1n) is 7.86. The molecule has 0 atom stereocenters. The second-order valence-electron chi connectivity index (χ2n) is 6.14. The van der Waals surface area contributed by atoms with Gasteiger partial charge in [0.05, 0.1) is 28.0 Å². The number of imidazole rings is 1. The van der Waals surface area contributed by atoms with E-state index in [9.17, 15) is 0 Å². The summed E-state index contributed by atoms with van der Waals surface area (Å²) in [6.45, 7) is 6.35. The standard InChI is InChI=1S/C19H18ClN3S/c1-12-4-6-16(13(2)8-12)23-11-24-10-17(23)19-14(3)21-18-7-5-15(20)9-22(18)19/h4-10H,11H2,1-3H3. The zero-order valence-electron chi connectivity index (χ0n) is 13.9. The van der Waals surface area contributed by atoms with Crippen LogP contribution >= 0.6 is 23.4 Å². The van der Waals surface area contributed by atoms with Gasteiger partial charge in [-0.05, 0) is 49.9 Å². The van der Waals surface area contributed by atoms with Crippen molar-refractivity contribution in [2.75, 3.05) is 10.8 Å². The van der Waals surface area contributed by atoms with Gasteiger partial charge in [-0.25, -0.2) is 4.98 Å². The lowest BCUT2D eigenvalue weighted by Gasteiger charge is -2.24. The van der Waals surface area contributed by atoms with Gasteiger partial charge in [0.15, 0.2) is 0 Å². The van der Waals surface area contributed by atoms with E-state index in [0.29, 0.717) is 5.02 Å². The molecule has 2 aromatic heterocycles. The summed E-state index contributed by atoms with van der Waals surface area (Å²) >= 11 is 8.02. The highest BCUT2D eigenvalue weighted by Gasteiger charge is 2.25. The largest absolute Gasteiger partial charge is 0.329 e. The molecule has 0 radical (unpaired) electrons. The summed E-state index contributed by atoms with van der Waals surface area (Å²) in [6.07, 6.45) is 1.94. The molecule has 0 amide bonds. The van der Waals surface area contributed by atoms with Crippen molar-refractivity contribution in [1.82, 2.24) is 9.38 Å². The van der Waals surface area contributed by atoms with E-state index >= 15 is 0 Å². The van der Waals surface area contributed by atoms with Crippen LogP contribution in [0.4, 0.5) is 5.69 Å². The molecule has 5 heteroatoms. The van der Waals surface area contributed by atoms with Crippen molar-refractivity contribution in [2.24, 2.45) is 0 Å². The molecule has 4 rings (SSSR count). The lowest BCUT2D eigenvalue weighted by atomic mass is 10.1. The molecular formula is C19H18ClN3S. The van der Waals surface area contributed by atoms with E-state index in [2.05, 4.69) is 53.7 Å². The maximum absolute atomic E-state index is 6.22. The number of benzene rings is 1. The molecule has 24 heavy (non-hydrogen) atoms. The minimum Gasteiger partial charge on any atom is -0.329 e. The van der Waals surface area contributed by atoms with E-state index in [0.717, 1.165) is 22.9 Å². The lowest BCUT2D eigenvalue weighted by Crippen LogP contribution is -2.19. The van der Waals surface area contributed by atoms with Crippen molar-refractivity contribution in [3.63, 3.8) is 0 Å². The Bertz CT molecular complexity index is 974. The SMILES string of the molecule is Cc1ccc(N2CSC=C2c2c(C)nc3ccc(Cl)cn23)c(C)c1. The van der Waals surface area contributed by atoms with Crippen LogP contribution in [-0.2, 0) is 0 Å².